The van der Waals surface area contributed by atoms with Crippen LogP contribution in [0.15, 0.2) is 30.3 Å². The molecule has 6 heteroatoms. The molecule has 0 saturated carbocycles. The smallest absolute Gasteiger partial charge is 0.298 e. The molecule has 0 saturated heterocycles. The van der Waals surface area contributed by atoms with E-state index in [4.69, 9.17) is 0 Å². The summed E-state index contributed by atoms with van der Waals surface area (Å²) in [7, 11) is 0. The molecule has 0 aliphatic rings. The minimum Gasteiger partial charge on any atom is -0.298 e. The predicted molar refractivity (Wildman–Crippen MR) is 70.1 cm³/mol. The van der Waals surface area contributed by atoms with Gasteiger partial charge in [-0.2, -0.15) is 13.2 Å². The number of Topliss-reactive ketones (excluding diaryl/α,β-unsaturated/α-hetero) is 1. The molecule has 0 unspecified atom stereocenters. The Labute approximate surface area is 116 Å². The van der Waals surface area contributed by atoms with Crippen molar-refractivity contribution in [1.82, 2.24) is 0 Å². The summed E-state index contributed by atoms with van der Waals surface area (Å²) in [6.07, 6.45) is -4.15. The average Bonchev–Trinajstić information content (AvgIpc) is 2.87. The SMILES string of the molecule is CC(=O)c1ccc(-c2cc(C=O)cc(C(F)(F)F)c2)s1. The number of carbonyl (C=O) groups excluding carboxylic acids is 2. The van der Waals surface area contributed by atoms with Crippen molar-refractivity contribution in [3.05, 3.63) is 46.3 Å². The molecule has 0 bridgehead atoms. The van der Waals surface area contributed by atoms with Crippen LogP contribution in [0.5, 0.6) is 0 Å². The summed E-state index contributed by atoms with van der Waals surface area (Å²) in [5.74, 6) is -0.149. The lowest BCUT2D eigenvalue weighted by Crippen LogP contribution is -2.05. The molecular weight excluding hydrogens is 289 g/mol. The number of hydrogen-bond acceptors (Lipinski definition) is 3. The molecule has 2 nitrogen and oxygen atoms in total. The van der Waals surface area contributed by atoms with Crippen LogP contribution in [0.2, 0.25) is 0 Å². The number of carbonyl (C=O) groups is 2. The third kappa shape index (κ3) is 2.96. The van der Waals surface area contributed by atoms with E-state index in [9.17, 15) is 22.8 Å². The molecule has 0 radical (unpaired) electrons. The second-order valence-corrected chi connectivity index (χ2v) is 5.26. The van der Waals surface area contributed by atoms with Crippen molar-refractivity contribution in [3.8, 4) is 10.4 Å². The van der Waals surface area contributed by atoms with Crippen LogP contribution < -0.4 is 0 Å². The van der Waals surface area contributed by atoms with E-state index in [2.05, 4.69) is 0 Å². The highest BCUT2D eigenvalue weighted by atomic mass is 32.1. The molecule has 0 aliphatic heterocycles. The largest absolute Gasteiger partial charge is 0.416 e. The summed E-state index contributed by atoms with van der Waals surface area (Å²) in [5, 5.41) is 0. The summed E-state index contributed by atoms with van der Waals surface area (Å²) in [6, 6.07) is 6.28. The van der Waals surface area contributed by atoms with E-state index in [1.165, 1.54) is 13.0 Å². The van der Waals surface area contributed by atoms with E-state index in [1.54, 1.807) is 12.1 Å². The Hall–Kier alpha value is -1.95. The lowest BCUT2D eigenvalue weighted by atomic mass is 10.0. The van der Waals surface area contributed by atoms with Gasteiger partial charge < -0.3 is 0 Å². The zero-order valence-corrected chi connectivity index (χ0v) is 11.1. The number of rotatable bonds is 3. The minimum atomic E-state index is -4.52. The van der Waals surface area contributed by atoms with Gasteiger partial charge in [0, 0.05) is 10.4 Å². The van der Waals surface area contributed by atoms with E-state index in [1.807, 2.05) is 0 Å². The zero-order chi connectivity index (χ0) is 14.9. The standard InChI is InChI=1S/C14H9F3O2S/c1-8(19)12-2-3-13(20-12)10-4-9(7-18)5-11(6-10)14(15,16)17/h2-7H,1H3. The number of ketones is 1. The van der Waals surface area contributed by atoms with Crippen LogP contribution in [0.1, 0.15) is 32.5 Å². The van der Waals surface area contributed by atoms with Gasteiger partial charge in [-0.15, -0.1) is 11.3 Å². The van der Waals surface area contributed by atoms with E-state index in [0.29, 0.717) is 16.0 Å². The molecule has 2 aromatic rings. The summed E-state index contributed by atoms with van der Waals surface area (Å²) < 4.78 is 38.3. The maximum absolute atomic E-state index is 12.8. The van der Waals surface area contributed by atoms with Gasteiger partial charge in [-0.3, -0.25) is 9.59 Å². The van der Waals surface area contributed by atoms with E-state index in [0.717, 1.165) is 23.5 Å². The second kappa shape index (κ2) is 5.20. The Bertz CT molecular complexity index is 671. The molecule has 0 aliphatic carbocycles. The van der Waals surface area contributed by atoms with E-state index >= 15 is 0 Å². The van der Waals surface area contributed by atoms with Crippen molar-refractivity contribution in [2.45, 2.75) is 13.1 Å². The molecule has 1 heterocycles. The maximum Gasteiger partial charge on any atom is 0.416 e. The zero-order valence-electron chi connectivity index (χ0n) is 10.3. The van der Waals surface area contributed by atoms with Gasteiger partial charge in [0.05, 0.1) is 10.4 Å². The van der Waals surface area contributed by atoms with Gasteiger partial charge in [-0.05, 0) is 42.8 Å². The van der Waals surface area contributed by atoms with Gasteiger partial charge >= 0.3 is 6.18 Å². The van der Waals surface area contributed by atoms with Crippen LogP contribution in [0.3, 0.4) is 0 Å². The minimum absolute atomic E-state index is 0.0485. The molecule has 0 fully saturated rings. The topological polar surface area (TPSA) is 34.1 Å². The molecule has 1 aromatic carbocycles. The van der Waals surface area contributed by atoms with Crippen molar-refractivity contribution in [3.63, 3.8) is 0 Å². The molecule has 0 spiro atoms. The number of thiophene rings is 1. The highest BCUT2D eigenvalue weighted by Crippen LogP contribution is 2.35. The predicted octanol–water partition coefficient (Wildman–Crippen LogP) is 4.45. The van der Waals surface area contributed by atoms with Crippen molar-refractivity contribution >= 4 is 23.4 Å². The van der Waals surface area contributed by atoms with Crippen LogP contribution in [0, 0.1) is 0 Å². The number of hydrogen-bond donors (Lipinski definition) is 0. The molecule has 20 heavy (non-hydrogen) atoms. The monoisotopic (exact) mass is 298 g/mol. The Morgan fingerprint density at radius 1 is 1.20 bits per heavy atom. The van der Waals surface area contributed by atoms with Gasteiger partial charge in [0.25, 0.3) is 0 Å². The van der Waals surface area contributed by atoms with E-state index < -0.39 is 11.7 Å². The first-order chi connectivity index (χ1) is 9.31. The van der Waals surface area contributed by atoms with Gasteiger partial charge in [0.2, 0.25) is 0 Å². The summed E-state index contributed by atoms with van der Waals surface area (Å²) >= 11 is 1.10. The fourth-order valence-corrected chi connectivity index (χ4v) is 2.60. The Balaban J connectivity index is 2.55. The number of alkyl halides is 3. The number of aldehydes is 1. The number of halogens is 3. The summed E-state index contributed by atoms with van der Waals surface area (Å²) in [4.78, 5) is 23.0. The van der Waals surface area contributed by atoms with Gasteiger partial charge in [-0.25, -0.2) is 0 Å². The van der Waals surface area contributed by atoms with Gasteiger partial charge in [-0.1, -0.05) is 0 Å². The first kappa shape index (κ1) is 14.5. The van der Waals surface area contributed by atoms with Crippen LogP contribution in [-0.4, -0.2) is 12.1 Å². The molecule has 0 atom stereocenters. The maximum atomic E-state index is 12.8. The third-order valence-corrected chi connectivity index (χ3v) is 3.89. The van der Waals surface area contributed by atoms with Crippen LogP contribution in [-0.2, 0) is 6.18 Å². The first-order valence-electron chi connectivity index (χ1n) is 5.60. The quantitative estimate of drug-likeness (QED) is 0.619. The molecule has 0 amide bonds. The lowest BCUT2D eigenvalue weighted by molar-refractivity contribution is -0.137. The van der Waals surface area contributed by atoms with Crippen molar-refractivity contribution in [2.75, 3.05) is 0 Å². The van der Waals surface area contributed by atoms with Gasteiger partial charge in [0.15, 0.2) is 5.78 Å². The fourth-order valence-electron chi connectivity index (χ4n) is 1.71. The summed E-state index contributed by atoms with van der Waals surface area (Å²) in [5.41, 5.74) is -0.651. The van der Waals surface area contributed by atoms with Crippen LogP contribution >= 0.6 is 11.3 Å². The highest BCUT2D eigenvalue weighted by molar-refractivity contribution is 7.17. The average molecular weight is 298 g/mol. The van der Waals surface area contributed by atoms with Crippen LogP contribution in [0.4, 0.5) is 13.2 Å². The fraction of sp³-hybridized carbons (Fsp3) is 0.143. The second-order valence-electron chi connectivity index (χ2n) is 4.18. The Kier molecular flexibility index (Phi) is 3.76. The third-order valence-electron chi connectivity index (χ3n) is 2.66. The normalized spacial score (nSPS) is 11.4. The van der Waals surface area contributed by atoms with Crippen molar-refractivity contribution in [1.29, 1.82) is 0 Å². The van der Waals surface area contributed by atoms with Crippen molar-refractivity contribution in [2.24, 2.45) is 0 Å². The van der Waals surface area contributed by atoms with Crippen molar-refractivity contribution < 1.29 is 22.8 Å². The van der Waals surface area contributed by atoms with Gasteiger partial charge in [0.1, 0.15) is 6.29 Å². The highest BCUT2D eigenvalue weighted by Gasteiger charge is 2.31. The Morgan fingerprint density at radius 2 is 1.90 bits per heavy atom. The molecule has 0 N–H and O–H groups in total. The lowest BCUT2D eigenvalue weighted by Gasteiger charge is -2.09. The molecule has 104 valence electrons. The first-order valence-corrected chi connectivity index (χ1v) is 6.41. The number of benzene rings is 1. The molecule has 1 aromatic heterocycles. The summed E-state index contributed by atoms with van der Waals surface area (Å²) in [6.45, 7) is 1.39. The molecular formula is C14H9F3O2S. The van der Waals surface area contributed by atoms with Crippen LogP contribution in [0.25, 0.3) is 10.4 Å². The Morgan fingerprint density at radius 3 is 2.40 bits per heavy atom. The van der Waals surface area contributed by atoms with E-state index in [-0.39, 0.29) is 16.9 Å². The molecule has 2 rings (SSSR count).